The van der Waals surface area contributed by atoms with E-state index in [0.29, 0.717) is 32.1 Å². The molecule has 0 saturated carbocycles. The number of nitrogens with zero attached hydrogens (tertiary/aromatic N) is 5. The summed E-state index contributed by atoms with van der Waals surface area (Å²) in [6.07, 6.45) is 5.54. The highest BCUT2D eigenvalue weighted by Gasteiger charge is 2.31. The first kappa shape index (κ1) is 22.9. The largest absolute Gasteiger partial charge is 0.347 e. The number of thiophene rings is 1. The molecule has 0 atom stereocenters. The van der Waals surface area contributed by atoms with Crippen molar-refractivity contribution in [2.75, 3.05) is 38.6 Å². The molecule has 0 aliphatic carbocycles. The molecule has 0 radical (unpaired) electrons. The van der Waals surface area contributed by atoms with E-state index in [-0.39, 0.29) is 0 Å². The summed E-state index contributed by atoms with van der Waals surface area (Å²) in [6.45, 7) is 1.81. The van der Waals surface area contributed by atoms with Gasteiger partial charge in [0.1, 0.15) is 0 Å². The number of halogens is 1. The van der Waals surface area contributed by atoms with Crippen molar-refractivity contribution in [3.8, 4) is 11.3 Å². The summed E-state index contributed by atoms with van der Waals surface area (Å²) in [4.78, 5) is 40.0. The van der Waals surface area contributed by atoms with Crippen molar-refractivity contribution in [3.63, 3.8) is 0 Å². The second kappa shape index (κ2) is 10.1. The van der Waals surface area contributed by atoms with E-state index >= 15 is 0 Å². The molecule has 7 nitrogen and oxygen atoms in total. The maximum atomic E-state index is 12.6. The molecule has 0 bridgehead atoms. The van der Waals surface area contributed by atoms with E-state index in [1.54, 1.807) is 16.0 Å². The summed E-state index contributed by atoms with van der Waals surface area (Å²) in [6, 6.07) is 13.5. The predicted octanol–water partition coefficient (Wildman–Crippen LogP) is 3.81. The zero-order valence-corrected chi connectivity index (χ0v) is 20.0. The molecule has 0 spiro atoms. The van der Waals surface area contributed by atoms with E-state index in [4.69, 9.17) is 11.6 Å². The number of benzene rings is 1. The molecule has 1 aromatic carbocycles. The molecule has 3 heterocycles. The lowest BCUT2D eigenvalue weighted by atomic mass is 10.1. The molecule has 2 amide bonds. The fourth-order valence-electron chi connectivity index (χ4n) is 3.48. The van der Waals surface area contributed by atoms with Gasteiger partial charge in [-0.25, -0.2) is 9.97 Å². The summed E-state index contributed by atoms with van der Waals surface area (Å²) >= 11 is 7.40. The van der Waals surface area contributed by atoms with Gasteiger partial charge in [-0.05, 0) is 29.8 Å². The van der Waals surface area contributed by atoms with Crippen LogP contribution in [0.3, 0.4) is 0 Å². The Morgan fingerprint density at radius 2 is 1.76 bits per heavy atom. The summed E-state index contributed by atoms with van der Waals surface area (Å²) in [7, 11) is 3.80. The summed E-state index contributed by atoms with van der Waals surface area (Å²) in [5.74, 6) is -0.291. The second-order valence-corrected chi connectivity index (χ2v) is 9.60. The van der Waals surface area contributed by atoms with E-state index in [1.807, 2.05) is 73.6 Å². The van der Waals surface area contributed by atoms with Gasteiger partial charge in [-0.2, -0.15) is 0 Å². The van der Waals surface area contributed by atoms with Crippen molar-refractivity contribution in [2.45, 2.75) is 6.54 Å². The third-order valence-electron chi connectivity index (χ3n) is 5.27. The van der Waals surface area contributed by atoms with Crippen molar-refractivity contribution in [2.24, 2.45) is 0 Å². The minimum absolute atomic E-state index is 0.398. The zero-order valence-electron chi connectivity index (χ0n) is 18.4. The van der Waals surface area contributed by atoms with Crippen LogP contribution >= 0.6 is 22.9 Å². The quantitative estimate of drug-likeness (QED) is 0.480. The molecule has 0 unspecified atom stereocenters. The van der Waals surface area contributed by atoms with Crippen molar-refractivity contribution in [3.05, 3.63) is 69.5 Å². The highest BCUT2D eigenvalue weighted by atomic mass is 35.5. The highest BCUT2D eigenvalue weighted by Crippen LogP contribution is 2.23. The lowest BCUT2D eigenvalue weighted by Gasteiger charge is -2.33. The first-order chi connectivity index (χ1) is 15.9. The predicted molar refractivity (Wildman–Crippen MR) is 132 cm³/mol. The van der Waals surface area contributed by atoms with Crippen LogP contribution in [-0.4, -0.2) is 65.3 Å². The fourth-order valence-corrected chi connectivity index (χ4v) is 4.47. The lowest BCUT2D eigenvalue weighted by molar-refractivity contribution is -0.156. The number of aromatic nitrogens is 2. The molecular formula is C24H24ClN5O2S. The first-order valence-corrected chi connectivity index (χ1v) is 11.7. The molecule has 1 aliphatic rings. The van der Waals surface area contributed by atoms with Crippen LogP contribution in [0.2, 0.25) is 4.34 Å². The molecule has 3 aromatic rings. The number of piperazine rings is 1. The normalized spacial score (nSPS) is 14.4. The molecule has 170 valence electrons. The second-order valence-electron chi connectivity index (χ2n) is 7.86. The van der Waals surface area contributed by atoms with Gasteiger partial charge in [0.05, 0.1) is 10.0 Å². The fraction of sp³-hybridized carbons (Fsp3) is 0.250. The van der Waals surface area contributed by atoms with Gasteiger partial charge < -0.3 is 14.7 Å². The van der Waals surface area contributed by atoms with E-state index in [9.17, 15) is 9.59 Å². The van der Waals surface area contributed by atoms with Crippen LogP contribution in [0.1, 0.15) is 10.4 Å². The number of hydrogen-bond acceptors (Lipinski definition) is 6. The average Bonchev–Trinajstić information content (AvgIpc) is 3.24. The summed E-state index contributed by atoms with van der Waals surface area (Å²) in [5, 5.41) is 0. The molecule has 1 aliphatic heterocycles. The van der Waals surface area contributed by atoms with Crippen LogP contribution in [0.15, 0.2) is 54.7 Å². The molecule has 9 heteroatoms. The van der Waals surface area contributed by atoms with Crippen molar-refractivity contribution >= 4 is 46.8 Å². The van der Waals surface area contributed by atoms with Crippen LogP contribution in [-0.2, 0) is 16.1 Å². The number of carbonyl (C=O) groups is 2. The molecule has 4 rings (SSSR count). The Morgan fingerprint density at radius 3 is 2.45 bits per heavy atom. The zero-order chi connectivity index (χ0) is 23.4. The molecule has 33 heavy (non-hydrogen) atoms. The molecule has 1 saturated heterocycles. The van der Waals surface area contributed by atoms with Crippen LogP contribution in [0.25, 0.3) is 17.3 Å². The van der Waals surface area contributed by atoms with Crippen LogP contribution in [0.5, 0.6) is 0 Å². The minimum Gasteiger partial charge on any atom is -0.347 e. The van der Waals surface area contributed by atoms with E-state index in [1.165, 1.54) is 11.3 Å². The molecule has 1 fully saturated rings. The maximum Gasteiger partial charge on any atom is 0.312 e. The smallest absolute Gasteiger partial charge is 0.312 e. The monoisotopic (exact) mass is 481 g/mol. The average molecular weight is 482 g/mol. The number of amides is 2. The lowest BCUT2D eigenvalue weighted by Crippen LogP contribution is -2.53. The van der Waals surface area contributed by atoms with Crippen molar-refractivity contribution in [1.29, 1.82) is 0 Å². The van der Waals surface area contributed by atoms with E-state index in [2.05, 4.69) is 9.97 Å². The first-order valence-electron chi connectivity index (χ1n) is 10.5. The van der Waals surface area contributed by atoms with Gasteiger partial charge in [-0.3, -0.25) is 9.59 Å². The van der Waals surface area contributed by atoms with E-state index < -0.39 is 11.8 Å². The topological polar surface area (TPSA) is 69.6 Å². The van der Waals surface area contributed by atoms with Gasteiger partial charge in [0.25, 0.3) is 0 Å². The van der Waals surface area contributed by atoms with Gasteiger partial charge in [0.2, 0.25) is 5.95 Å². The standard InChI is InChI=1S/C24H24ClN5O2S/c1-28(2)24-26-12-11-20(27-24)18-7-5-17(6-8-18)16-30-15-14-29(22(31)23(30)32)13-3-4-19-9-10-21(25)33-19/h3-12H,13-16H2,1-2H3. The van der Waals surface area contributed by atoms with Gasteiger partial charge in [-0.15, -0.1) is 11.3 Å². The molecule has 2 aromatic heterocycles. The third kappa shape index (κ3) is 5.58. The van der Waals surface area contributed by atoms with Crippen LogP contribution in [0.4, 0.5) is 5.95 Å². The number of anilines is 1. The van der Waals surface area contributed by atoms with Gasteiger partial charge in [0, 0.05) is 56.9 Å². The molecular weight excluding hydrogens is 458 g/mol. The van der Waals surface area contributed by atoms with Gasteiger partial charge in [0.15, 0.2) is 0 Å². The van der Waals surface area contributed by atoms with Crippen LogP contribution < -0.4 is 4.90 Å². The maximum absolute atomic E-state index is 12.6. The van der Waals surface area contributed by atoms with Crippen LogP contribution in [0, 0.1) is 0 Å². The Bertz CT molecular complexity index is 1180. The summed E-state index contributed by atoms with van der Waals surface area (Å²) in [5.41, 5.74) is 2.76. The minimum atomic E-state index is -0.469. The Hall–Kier alpha value is -3.23. The number of hydrogen-bond donors (Lipinski definition) is 0. The van der Waals surface area contributed by atoms with Gasteiger partial charge >= 0.3 is 11.8 Å². The highest BCUT2D eigenvalue weighted by molar-refractivity contribution is 7.16. The Morgan fingerprint density at radius 1 is 1.03 bits per heavy atom. The Balaban J connectivity index is 1.35. The SMILES string of the molecule is CN(C)c1nccc(-c2ccc(CN3CCN(CC=Cc4ccc(Cl)s4)C(=O)C3=O)cc2)n1. The number of carbonyl (C=O) groups excluding carboxylic acids is 2. The van der Waals surface area contributed by atoms with Crippen molar-refractivity contribution < 1.29 is 9.59 Å². The van der Waals surface area contributed by atoms with Gasteiger partial charge in [-0.1, -0.05) is 41.9 Å². The summed E-state index contributed by atoms with van der Waals surface area (Å²) < 4.78 is 0.720. The third-order valence-corrected chi connectivity index (χ3v) is 6.46. The molecule has 0 N–H and O–H groups in total. The van der Waals surface area contributed by atoms with Crippen molar-refractivity contribution in [1.82, 2.24) is 19.8 Å². The van der Waals surface area contributed by atoms with E-state index in [0.717, 1.165) is 26.0 Å². The Labute approximate surface area is 201 Å². The Kier molecular flexibility index (Phi) is 7.05. The number of rotatable bonds is 7.